The van der Waals surface area contributed by atoms with Crippen molar-refractivity contribution in [2.45, 2.75) is 44.7 Å². The number of allylic oxidation sites excluding steroid dienone is 2. The van der Waals surface area contributed by atoms with Crippen LogP contribution in [0.2, 0.25) is 0 Å². The number of aliphatic hydroxyl groups excluding tert-OH is 1. The van der Waals surface area contributed by atoms with E-state index in [1.807, 2.05) is 42.5 Å². The van der Waals surface area contributed by atoms with Crippen molar-refractivity contribution in [2.24, 2.45) is 5.92 Å². The van der Waals surface area contributed by atoms with Crippen molar-refractivity contribution in [1.82, 2.24) is 10.6 Å². The standard InChI is InChI=1S/C21H28N2O5/c1-15(13-24)22-19(25)12-17-10-6-3-7-11-20(26)28-14-18(23-21(17)27)16-8-4-2-5-9-16/h2-6,8-9,15,17-18,24H,7,10-14H2,1H3,(H,22,25)(H,23,27). The molecule has 2 amide bonds. The lowest BCUT2D eigenvalue weighted by atomic mass is 9.97. The van der Waals surface area contributed by atoms with Crippen molar-refractivity contribution in [2.75, 3.05) is 13.2 Å². The van der Waals surface area contributed by atoms with Crippen molar-refractivity contribution >= 4 is 17.8 Å². The van der Waals surface area contributed by atoms with E-state index in [-0.39, 0.29) is 49.9 Å². The molecule has 3 unspecified atom stereocenters. The highest BCUT2D eigenvalue weighted by Crippen LogP contribution is 2.18. The van der Waals surface area contributed by atoms with Crippen LogP contribution in [0.1, 0.15) is 44.2 Å². The van der Waals surface area contributed by atoms with Crippen LogP contribution in [-0.4, -0.2) is 42.1 Å². The summed E-state index contributed by atoms with van der Waals surface area (Å²) >= 11 is 0. The second-order valence-electron chi connectivity index (χ2n) is 6.95. The number of esters is 1. The van der Waals surface area contributed by atoms with Gasteiger partial charge in [-0.2, -0.15) is 0 Å². The quantitative estimate of drug-likeness (QED) is 0.525. The molecule has 7 nitrogen and oxygen atoms in total. The molecule has 28 heavy (non-hydrogen) atoms. The number of nitrogens with one attached hydrogen (secondary N) is 2. The van der Waals surface area contributed by atoms with E-state index in [9.17, 15) is 14.4 Å². The third kappa shape index (κ3) is 7.15. The van der Waals surface area contributed by atoms with E-state index in [1.54, 1.807) is 6.92 Å². The summed E-state index contributed by atoms with van der Waals surface area (Å²) in [5.74, 6) is -1.43. The first-order chi connectivity index (χ1) is 13.5. The molecule has 1 aliphatic rings. The second-order valence-corrected chi connectivity index (χ2v) is 6.95. The normalized spacial score (nSPS) is 22.2. The number of hydrogen-bond acceptors (Lipinski definition) is 5. The minimum absolute atomic E-state index is 0.0157. The maximum atomic E-state index is 12.9. The maximum absolute atomic E-state index is 12.9. The molecule has 7 heteroatoms. The van der Waals surface area contributed by atoms with Crippen LogP contribution in [0.5, 0.6) is 0 Å². The fourth-order valence-corrected chi connectivity index (χ4v) is 2.91. The van der Waals surface area contributed by atoms with E-state index in [1.165, 1.54) is 0 Å². The van der Waals surface area contributed by atoms with Crippen LogP contribution >= 0.6 is 0 Å². The van der Waals surface area contributed by atoms with E-state index >= 15 is 0 Å². The average Bonchev–Trinajstić information content (AvgIpc) is 2.69. The lowest BCUT2D eigenvalue weighted by molar-refractivity contribution is -0.145. The molecule has 2 rings (SSSR count). The van der Waals surface area contributed by atoms with Gasteiger partial charge in [0.1, 0.15) is 6.61 Å². The van der Waals surface area contributed by atoms with Gasteiger partial charge in [0.15, 0.2) is 0 Å². The van der Waals surface area contributed by atoms with Crippen molar-refractivity contribution in [1.29, 1.82) is 0 Å². The second kappa shape index (κ2) is 11.2. The molecular weight excluding hydrogens is 360 g/mol. The van der Waals surface area contributed by atoms with E-state index in [0.717, 1.165) is 5.56 Å². The Hall–Kier alpha value is -2.67. The third-order valence-electron chi connectivity index (χ3n) is 4.52. The number of benzene rings is 1. The van der Waals surface area contributed by atoms with Crippen molar-refractivity contribution in [3.05, 3.63) is 48.0 Å². The molecule has 152 valence electrons. The van der Waals surface area contributed by atoms with Crippen LogP contribution in [0.25, 0.3) is 0 Å². The largest absolute Gasteiger partial charge is 0.463 e. The van der Waals surface area contributed by atoms with Gasteiger partial charge in [0.2, 0.25) is 11.8 Å². The fraction of sp³-hybridized carbons (Fsp3) is 0.476. The zero-order chi connectivity index (χ0) is 20.4. The Labute approximate surface area is 165 Å². The SMILES string of the molecule is CC(CO)NC(=O)CC1CC=CCCC(=O)OCC(c2ccccc2)NC1=O. The molecule has 0 saturated carbocycles. The zero-order valence-corrected chi connectivity index (χ0v) is 16.1. The van der Waals surface area contributed by atoms with E-state index in [0.29, 0.717) is 12.8 Å². The minimum Gasteiger partial charge on any atom is -0.463 e. The monoisotopic (exact) mass is 388 g/mol. The van der Waals surface area contributed by atoms with Crippen molar-refractivity contribution in [3.8, 4) is 0 Å². The molecule has 0 aromatic heterocycles. The van der Waals surface area contributed by atoms with Gasteiger partial charge in [0.05, 0.1) is 18.6 Å². The summed E-state index contributed by atoms with van der Waals surface area (Å²) in [7, 11) is 0. The highest BCUT2D eigenvalue weighted by Gasteiger charge is 2.25. The van der Waals surface area contributed by atoms with Gasteiger partial charge in [-0.25, -0.2) is 0 Å². The number of aliphatic hydroxyl groups is 1. The first-order valence-electron chi connectivity index (χ1n) is 9.55. The number of cyclic esters (lactones) is 1. The van der Waals surface area contributed by atoms with Crippen LogP contribution in [0.3, 0.4) is 0 Å². The Balaban J connectivity index is 2.15. The molecule has 1 aromatic rings. The summed E-state index contributed by atoms with van der Waals surface area (Å²) in [6, 6.07) is 8.43. The summed E-state index contributed by atoms with van der Waals surface area (Å²) in [5, 5.41) is 14.7. The third-order valence-corrected chi connectivity index (χ3v) is 4.52. The lowest BCUT2D eigenvalue weighted by Crippen LogP contribution is -2.41. The molecule has 0 bridgehead atoms. The van der Waals surface area contributed by atoms with Gasteiger partial charge in [-0.1, -0.05) is 42.5 Å². The predicted molar refractivity (Wildman–Crippen MR) is 104 cm³/mol. The Morgan fingerprint density at radius 1 is 1.29 bits per heavy atom. The van der Waals surface area contributed by atoms with Gasteiger partial charge < -0.3 is 20.5 Å². The molecule has 0 aliphatic carbocycles. The van der Waals surface area contributed by atoms with Gasteiger partial charge in [-0.15, -0.1) is 0 Å². The Morgan fingerprint density at radius 2 is 2.04 bits per heavy atom. The smallest absolute Gasteiger partial charge is 0.306 e. The van der Waals surface area contributed by atoms with Crippen LogP contribution < -0.4 is 10.6 Å². The van der Waals surface area contributed by atoms with Crippen LogP contribution in [-0.2, 0) is 19.1 Å². The average molecular weight is 388 g/mol. The van der Waals surface area contributed by atoms with Crippen LogP contribution in [0.4, 0.5) is 0 Å². The van der Waals surface area contributed by atoms with Gasteiger partial charge in [-0.05, 0) is 25.3 Å². The van der Waals surface area contributed by atoms with Crippen molar-refractivity contribution < 1.29 is 24.2 Å². The van der Waals surface area contributed by atoms with Gasteiger partial charge in [-0.3, -0.25) is 14.4 Å². The summed E-state index contributed by atoms with van der Waals surface area (Å²) in [6.07, 6.45) is 4.85. The lowest BCUT2D eigenvalue weighted by Gasteiger charge is -2.23. The molecular formula is C21H28N2O5. The molecule has 3 atom stereocenters. The van der Waals surface area contributed by atoms with Gasteiger partial charge in [0.25, 0.3) is 0 Å². The Bertz CT molecular complexity index is 689. The topological polar surface area (TPSA) is 105 Å². The number of rotatable bonds is 5. The number of carbonyl (C=O) groups excluding carboxylic acids is 3. The Kier molecular flexibility index (Phi) is 8.68. The van der Waals surface area contributed by atoms with Crippen LogP contribution in [0, 0.1) is 5.92 Å². The summed E-state index contributed by atoms with van der Waals surface area (Å²) in [5.41, 5.74) is 0.827. The number of carbonyl (C=O) groups is 3. The highest BCUT2D eigenvalue weighted by atomic mass is 16.5. The summed E-state index contributed by atoms with van der Waals surface area (Å²) < 4.78 is 5.32. The molecule has 0 spiro atoms. The first kappa shape index (κ1) is 21.6. The fourth-order valence-electron chi connectivity index (χ4n) is 2.91. The van der Waals surface area contributed by atoms with Crippen molar-refractivity contribution in [3.63, 3.8) is 0 Å². The van der Waals surface area contributed by atoms with Gasteiger partial charge in [0, 0.05) is 18.9 Å². The summed E-state index contributed by atoms with van der Waals surface area (Å²) in [6.45, 7) is 1.57. The predicted octanol–water partition coefficient (Wildman–Crippen LogP) is 1.63. The molecule has 3 N–H and O–H groups in total. The molecule has 0 radical (unpaired) electrons. The molecule has 1 aliphatic heterocycles. The summed E-state index contributed by atoms with van der Waals surface area (Å²) in [4.78, 5) is 36.9. The zero-order valence-electron chi connectivity index (χ0n) is 16.1. The van der Waals surface area contributed by atoms with E-state index < -0.39 is 12.0 Å². The Morgan fingerprint density at radius 3 is 2.75 bits per heavy atom. The molecule has 0 saturated heterocycles. The maximum Gasteiger partial charge on any atom is 0.306 e. The van der Waals surface area contributed by atoms with E-state index in [4.69, 9.17) is 9.84 Å². The highest BCUT2D eigenvalue weighted by molar-refractivity contribution is 5.86. The number of hydrogen-bond donors (Lipinski definition) is 3. The molecule has 1 heterocycles. The van der Waals surface area contributed by atoms with Gasteiger partial charge >= 0.3 is 5.97 Å². The molecule has 0 fully saturated rings. The number of amides is 2. The van der Waals surface area contributed by atoms with E-state index in [2.05, 4.69) is 10.6 Å². The number of ether oxygens (including phenoxy) is 1. The first-order valence-corrected chi connectivity index (χ1v) is 9.55. The molecule has 1 aromatic carbocycles. The minimum atomic E-state index is -0.552. The van der Waals surface area contributed by atoms with Crippen LogP contribution in [0.15, 0.2) is 42.5 Å².